The fourth-order valence-corrected chi connectivity index (χ4v) is 0.834. The van der Waals surface area contributed by atoms with E-state index in [9.17, 15) is 4.79 Å². The Morgan fingerprint density at radius 2 is 2.33 bits per heavy atom. The standard InChI is InChI=1S/C7H9NO/c1-5-7(6(2)9)3-4-8-5/h3-4,8H,1-2H3. The van der Waals surface area contributed by atoms with Crippen LogP contribution < -0.4 is 0 Å². The van der Waals surface area contributed by atoms with E-state index in [0.717, 1.165) is 11.3 Å². The lowest BCUT2D eigenvalue weighted by Gasteiger charge is -1.88. The lowest BCUT2D eigenvalue weighted by atomic mass is 10.2. The first-order chi connectivity index (χ1) is 4.22. The van der Waals surface area contributed by atoms with Crippen molar-refractivity contribution >= 4 is 5.78 Å². The van der Waals surface area contributed by atoms with Gasteiger partial charge in [-0.1, -0.05) is 0 Å². The van der Waals surface area contributed by atoms with Crippen LogP contribution in [0.25, 0.3) is 0 Å². The average Bonchev–Trinajstić information content (AvgIpc) is 2.13. The molecule has 0 aliphatic heterocycles. The summed E-state index contributed by atoms with van der Waals surface area (Å²) in [4.78, 5) is 13.6. The zero-order valence-corrected chi connectivity index (χ0v) is 5.56. The molecule has 9 heavy (non-hydrogen) atoms. The van der Waals surface area contributed by atoms with Gasteiger partial charge in [0, 0.05) is 17.5 Å². The SMILES string of the molecule is CC(=O)c1cc[nH]c1C. The van der Waals surface area contributed by atoms with Crippen LogP contribution in [-0.4, -0.2) is 10.8 Å². The number of Topliss-reactive ketones (excluding diaryl/α,β-unsaturated/α-hetero) is 1. The van der Waals surface area contributed by atoms with Crippen LogP contribution >= 0.6 is 0 Å². The Hall–Kier alpha value is -1.05. The van der Waals surface area contributed by atoms with Gasteiger partial charge >= 0.3 is 0 Å². The second-order valence-corrected chi connectivity index (χ2v) is 2.07. The molecule has 0 atom stereocenters. The second kappa shape index (κ2) is 2.05. The quantitative estimate of drug-likeness (QED) is 0.564. The largest absolute Gasteiger partial charge is 0.365 e. The fraction of sp³-hybridized carbons (Fsp3) is 0.286. The normalized spacial score (nSPS) is 9.56. The molecule has 0 bridgehead atoms. The van der Waals surface area contributed by atoms with Crippen LogP contribution in [0, 0.1) is 6.92 Å². The van der Waals surface area contributed by atoms with Crippen molar-refractivity contribution in [2.75, 3.05) is 0 Å². The van der Waals surface area contributed by atoms with E-state index >= 15 is 0 Å². The summed E-state index contributed by atoms with van der Waals surface area (Å²) < 4.78 is 0. The van der Waals surface area contributed by atoms with Crippen LogP contribution in [0.1, 0.15) is 23.0 Å². The highest BCUT2D eigenvalue weighted by molar-refractivity contribution is 5.95. The molecule has 0 aliphatic rings. The van der Waals surface area contributed by atoms with Crippen molar-refractivity contribution in [1.29, 1.82) is 0 Å². The number of H-pyrrole nitrogens is 1. The number of aryl methyl sites for hydroxylation is 1. The Kier molecular flexibility index (Phi) is 1.39. The minimum atomic E-state index is 0.119. The molecule has 48 valence electrons. The smallest absolute Gasteiger partial charge is 0.161 e. The van der Waals surface area contributed by atoms with Crippen molar-refractivity contribution in [3.63, 3.8) is 0 Å². The molecule has 1 aromatic rings. The van der Waals surface area contributed by atoms with Crippen molar-refractivity contribution in [3.05, 3.63) is 23.5 Å². The molecule has 0 amide bonds. The van der Waals surface area contributed by atoms with Gasteiger partial charge < -0.3 is 4.98 Å². The number of hydrogen-bond acceptors (Lipinski definition) is 1. The second-order valence-electron chi connectivity index (χ2n) is 2.07. The van der Waals surface area contributed by atoms with Gasteiger partial charge in [-0.3, -0.25) is 4.79 Å². The van der Waals surface area contributed by atoms with Crippen molar-refractivity contribution in [2.45, 2.75) is 13.8 Å². The lowest BCUT2D eigenvalue weighted by Crippen LogP contribution is -1.90. The summed E-state index contributed by atoms with van der Waals surface area (Å²) in [7, 11) is 0. The molecule has 0 saturated carbocycles. The Morgan fingerprint density at radius 3 is 2.56 bits per heavy atom. The summed E-state index contributed by atoms with van der Waals surface area (Å²) in [5.74, 6) is 0.119. The first-order valence-electron chi connectivity index (χ1n) is 2.86. The third-order valence-corrected chi connectivity index (χ3v) is 1.33. The molecule has 1 rings (SSSR count). The topological polar surface area (TPSA) is 32.9 Å². The van der Waals surface area contributed by atoms with Crippen molar-refractivity contribution < 1.29 is 4.79 Å². The zero-order chi connectivity index (χ0) is 6.85. The van der Waals surface area contributed by atoms with Gasteiger partial charge in [-0.25, -0.2) is 0 Å². The first-order valence-corrected chi connectivity index (χ1v) is 2.86. The summed E-state index contributed by atoms with van der Waals surface area (Å²) in [5.41, 5.74) is 1.73. The van der Waals surface area contributed by atoms with Crippen LogP contribution in [0.2, 0.25) is 0 Å². The van der Waals surface area contributed by atoms with Crippen LogP contribution in [0.4, 0.5) is 0 Å². The minimum absolute atomic E-state index is 0.119. The molecule has 2 heteroatoms. The van der Waals surface area contributed by atoms with E-state index in [2.05, 4.69) is 4.98 Å². The van der Waals surface area contributed by atoms with Gasteiger partial charge in [0.2, 0.25) is 0 Å². The van der Waals surface area contributed by atoms with E-state index in [0.29, 0.717) is 0 Å². The average molecular weight is 123 g/mol. The van der Waals surface area contributed by atoms with Crippen LogP contribution in [0.5, 0.6) is 0 Å². The molecule has 0 radical (unpaired) electrons. The minimum Gasteiger partial charge on any atom is -0.365 e. The predicted octanol–water partition coefficient (Wildman–Crippen LogP) is 1.53. The summed E-state index contributed by atoms with van der Waals surface area (Å²) >= 11 is 0. The number of rotatable bonds is 1. The van der Waals surface area contributed by atoms with Crippen LogP contribution in [0.3, 0.4) is 0 Å². The number of carbonyl (C=O) groups is 1. The van der Waals surface area contributed by atoms with Gasteiger partial charge in [0.15, 0.2) is 5.78 Å². The van der Waals surface area contributed by atoms with Gasteiger partial charge in [-0.15, -0.1) is 0 Å². The molecule has 0 aromatic carbocycles. The maximum absolute atomic E-state index is 10.7. The monoisotopic (exact) mass is 123 g/mol. The van der Waals surface area contributed by atoms with Gasteiger partial charge in [0.1, 0.15) is 0 Å². The lowest BCUT2D eigenvalue weighted by molar-refractivity contribution is 0.101. The third kappa shape index (κ3) is 1.02. The van der Waals surface area contributed by atoms with Crippen molar-refractivity contribution in [2.24, 2.45) is 0 Å². The fourth-order valence-electron chi connectivity index (χ4n) is 0.834. The molecule has 0 aliphatic carbocycles. The molecular weight excluding hydrogens is 114 g/mol. The highest BCUT2D eigenvalue weighted by Crippen LogP contribution is 2.04. The summed E-state index contributed by atoms with van der Waals surface area (Å²) in [5, 5.41) is 0. The maximum Gasteiger partial charge on any atom is 0.161 e. The molecule has 0 unspecified atom stereocenters. The third-order valence-electron chi connectivity index (χ3n) is 1.33. The molecule has 1 aromatic heterocycles. The Morgan fingerprint density at radius 1 is 1.67 bits per heavy atom. The van der Waals surface area contributed by atoms with Crippen molar-refractivity contribution in [1.82, 2.24) is 4.98 Å². The number of aromatic amines is 1. The van der Waals surface area contributed by atoms with E-state index in [1.807, 2.05) is 6.92 Å². The van der Waals surface area contributed by atoms with Crippen molar-refractivity contribution in [3.8, 4) is 0 Å². The van der Waals surface area contributed by atoms with Gasteiger partial charge in [0.05, 0.1) is 0 Å². The molecule has 2 nitrogen and oxygen atoms in total. The number of ketones is 1. The summed E-state index contributed by atoms with van der Waals surface area (Å²) in [6.07, 6.45) is 1.77. The first kappa shape index (κ1) is 6.08. The molecule has 0 spiro atoms. The number of nitrogens with one attached hydrogen (secondary N) is 1. The number of hydrogen-bond donors (Lipinski definition) is 1. The molecular formula is C7H9NO. The van der Waals surface area contributed by atoms with Crippen LogP contribution in [0.15, 0.2) is 12.3 Å². The Bertz CT molecular complexity index is 225. The molecule has 1 heterocycles. The molecule has 0 fully saturated rings. The Balaban J connectivity index is 3.08. The maximum atomic E-state index is 10.7. The van der Waals surface area contributed by atoms with Gasteiger partial charge in [-0.05, 0) is 19.9 Å². The van der Waals surface area contributed by atoms with Gasteiger partial charge in [-0.2, -0.15) is 0 Å². The number of aromatic nitrogens is 1. The summed E-state index contributed by atoms with van der Waals surface area (Å²) in [6.45, 7) is 3.45. The van der Waals surface area contributed by atoms with E-state index in [1.54, 1.807) is 19.2 Å². The number of carbonyl (C=O) groups excluding carboxylic acids is 1. The van der Waals surface area contributed by atoms with E-state index in [1.165, 1.54) is 0 Å². The summed E-state index contributed by atoms with van der Waals surface area (Å²) in [6, 6.07) is 1.79. The zero-order valence-electron chi connectivity index (χ0n) is 5.56. The van der Waals surface area contributed by atoms with E-state index in [4.69, 9.17) is 0 Å². The van der Waals surface area contributed by atoms with E-state index < -0.39 is 0 Å². The highest BCUT2D eigenvalue weighted by Gasteiger charge is 2.01. The van der Waals surface area contributed by atoms with E-state index in [-0.39, 0.29) is 5.78 Å². The Labute approximate surface area is 53.9 Å². The highest BCUT2D eigenvalue weighted by atomic mass is 16.1. The molecule has 0 saturated heterocycles. The molecule has 1 N–H and O–H groups in total. The predicted molar refractivity (Wildman–Crippen MR) is 35.5 cm³/mol. The van der Waals surface area contributed by atoms with Gasteiger partial charge in [0.25, 0.3) is 0 Å². The van der Waals surface area contributed by atoms with Crippen LogP contribution in [-0.2, 0) is 0 Å².